The molecule has 1 rings (SSSR count). The molecule has 0 bridgehead atoms. The minimum absolute atomic E-state index is 0.419. The van der Waals surface area contributed by atoms with Crippen molar-refractivity contribution in [2.45, 2.75) is 19.3 Å². The molecule has 78 valence electrons. The van der Waals surface area contributed by atoms with Crippen molar-refractivity contribution in [3.05, 3.63) is 18.2 Å². The number of halogens is 2. The fraction of sp³-hybridized carbons (Fsp3) is 0.556. The average molecular weight is 218 g/mol. The minimum atomic E-state index is -0.419. The van der Waals surface area contributed by atoms with Crippen LogP contribution in [0.3, 0.4) is 0 Å². The quantitative estimate of drug-likeness (QED) is 0.588. The number of nitrogens with one attached hydrogen (secondary N) is 1. The molecule has 1 aromatic rings. The second-order valence-electron chi connectivity index (χ2n) is 2.90. The van der Waals surface area contributed by atoms with E-state index in [9.17, 15) is 4.39 Å². The molecule has 0 aliphatic heterocycles. The van der Waals surface area contributed by atoms with E-state index < -0.39 is 5.82 Å². The molecule has 0 atom stereocenters. The van der Waals surface area contributed by atoms with Crippen molar-refractivity contribution in [1.29, 1.82) is 0 Å². The van der Waals surface area contributed by atoms with Gasteiger partial charge in [0.2, 0.25) is 5.95 Å². The number of nitrogens with zero attached hydrogens (tertiary/aromatic N) is 2. The third kappa shape index (κ3) is 4.37. The summed E-state index contributed by atoms with van der Waals surface area (Å²) in [6, 6.07) is 0. The molecular formula is C9H13ClFN3. The molecule has 0 saturated carbocycles. The zero-order valence-corrected chi connectivity index (χ0v) is 8.60. The molecular weight excluding hydrogens is 205 g/mol. The Kier molecular flexibility index (Phi) is 5.22. The number of hydrogen-bond donors (Lipinski definition) is 1. The van der Waals surface area contributed by atoms with Gasteiger partial charge in [0.1, 0.15) is 0 Å². The summed E-state index contributed by atoms with van der Waals surface area (Å²) >= 11 is 5.53. The Morgan fingerprint density at radius 1 is 1.21 bits per heavy atom. The van der Waals surface area contributed by atoms with E-state index in [4.69, 9.17) is 11.6 Å². The van der Waals surface area contributed by atoms with Gasteiger partial charge in [-0.3, -0.25) is 0 Å². The standard InChI is InChI=1S/C9H13ClFN3/c10-4-2-1-3-5-12-9-13-6-8(11)7-14-9/h6-7H,1-5H2,(H,12,13,14). The summed E-state index contributed by atoms with van der Waals surface area (Å²) < 4.78 is 12.4. The van der Waals surface area contributed by atoms with Crippen LogP contribution in [0.15, 0.2) is 12.4 Å². The third-order valence-electron chi connectivity index (χ3n) is 1.71. The lowest BCUT2D eigenvalue weighted by Crippen LogP contribution is -2.05. The van der Waals surface area contributed by atoms with Crippen LogP contribution in [-0.4, -0.2) is 22.4 Å². The van der Waals surface area contributed by atoms with E-state index >= 15 is 0 Å². The maximum atomic E-state index is 12.4. The first-order valence-corrected chi connectivity index (χ1v) is 5.14. The van der Waals surface area contributed by atoms with Gasteiger partial charge in [-0.05, 0) is 12.8 Å². The van der Waals surface area contributed by atoms with Gasteiger partial charge in [0.15, 0.2) is 5.82 Å². The summed E-state index contributed by atoms with van der Waals surface area (Å²) in [5.41, 5.74) is 0. The normalized spacial score (nSPS) is 10.1. The summed E-state index contributed by atoms with van der Waals surface area (Å²) in [5, 5.41) is 3.00. The molecule has 0 spiro atoms. The molecule has 0 aromatic carbocycles. The lowest BCUT2D eigenvalue weighted by molar-refractivity contribution is 0.613. The van der Waals surface area contributed by atoms with E-state index in [2.05, 4.69) is 15.3 Å². The number of aromatic nitrogens is 2. The predicted molar refractivity (Wildman–Crippen MR) is 55.1 cm³/mol. The Morgan fingerprint density at radius 2 is 1.93 bits per heavy atom. The molecule has 3 nitrogen and oxygen atoms in total. The zero-order valence-electron chi connectivity index (χ0n) is 7.84. The van der Waals surface area contributed by atoms with Crippen LogP contribution in [-0.2, 0) is 0 Å². The summed E-state index contributed by atoms with van der Waals surface area (Å²) in [6.07, 6.45) is 5.42. The number of hydrogen-bond acceptors (Lipinski definition) is 3. The van der Waals surface area contributed by atoms with Gasteiger partial charge in [0.25, 0.3) is 0 Å². The van der Waals surface area contributed by atoms with E-state index in [1.807, 2.05) is 0 Å². The van der Waals surface area contributed by atoms with Crippen LogP contribution < -0.4 is 5.32 Å². The van der Waals surface area contributed by atoms with Gasteiger partial charge < -0.3 is 5.32 Å². The van der Waals surface area contributed by atoms with Crippen LogP contribution in [0.4, 0.5) is 10.3 Å². The van der Waals surface area contributed by atoms with Crippen molar-refractivity contribution < 1.29 is 4.39 Å². The number of rotatable bonds is 6. The van der Waals surface area contributed by atoms with E-state index in [-0.39, 0.29) is 0 Å². The fourth-order valence-corrected chi connectivity index (χ4v) is 1.19. The van der Waals surface area contributed by atoms with E-state index in [0.717, 1.165) is 38.2 Å². The Bertz CT molecular complexity index is 253. The molecule has 0 amide bonds. The summed E-state index contributed by atoms with van der Waals surface area (Å²) in [7, 11) is 0. The highest BCUT2D eigenvalue weighted by Crippen LogP contribution is 2.00. The second-order valence-corrected chi connectivity index (χ2v) is 3.28. The Morgan fingerprint density at radius 3 is 2.57 bits per heavy atom. The maximum Gasteiger partial charge on any atom is 0.222 e. The predicted octanol–water partition coefficient (Wildman–Crippen LogP) is 2.44. The maximum absolute atomic E-state index is 12.4. The van der Waals surface area contributed by atoms with Crippen molar-refractivity contribution >= 4 is 17.5 Å². The second kappa shape index (κ2) is 6.54. The molecule has 0 saturated heterocycles. The van der Waals surface area contributed by atoms with Crippen LogP contribution in [0.5, 0.6) is 0 Å². The molecule has 1 heterocycles. The molecule has 0 aliphatic rings. The molecule has 5 heteroatoms. The van der Waals surface area contributed by atoms with E-state index in [1.165, 1.54) is 0 Å². The van der Waals surface area contributed by atoms with Crippen molar-refractivity contribution in [3.8, 4) is 0 Å². The molecule has 1 aromatic heterocycles. The molecule has 0 unspecified atom stereocenters. The molecule has 0 aliphatic carbocycles. The first kappa shape index (κ1) is 11.2. The molecule has 0 radical (unpaired) electrons. The van der Waals surface area contributed by atoms with Crippen LogP contribution in [0.25, 0.3) is 0 Å². The summed E-state index contributed by atoms with van der Waals surface area (Å²) in [6.45, 7) is 0.794. The van der Waals surface area contributed by atoms with Gasteiger partial charge in [0.05, 0.1) is 12.4 Å². The van der Waals surface area contributed by atoms with Crippen LogP contribution in [0.2, 0.25) is 0 Å². The van der Waals surface area contributed by atoms with Gasteiger partial charge in [-0.15, -0.1) is 11.6 Å². The van der Waals surface area contributed by atoms with Crippen LogP contribution >= 0.6 is 11.6 Å². The topological polar surface area (TPSA) is 37.8 Å². The zero-order chi connectivity index (χ0) is 10.2. The average Bonchev–Trinajstić information content (AvgIpc) is 2.21. The van der Waals surface area contributed by atoms with Gasteiger partial charge in [0, 0.05) is 12.4 Å². The number of alkyl halides is 1. The molecule has 0 fully saturated rings. The van der Waals surface area contributed by atoms with Crippen molar-refractivity contribution in [2.75, 3.05) is 17.7 Å². The highest BCUT2D eigenvalue weighted by Gasteiger charge is 1.95. The summed E-state index contributed by atoms with van der Waals surface area (Å²) in [4.78, 5) is 7.55. The van der Waals surface area contributed by atoms with E-state index in [1.54, 1.807) is 0 Å². The SMILES string of the molecule is Fc1cnc(NCCCCCCl)nc1. The van der Waals surface area contributed by atoms with Crippen molar-refractivity contribution in [1.82, 2.24) is 9.97 Å². The smallest absolute Gasteiger partial charge is 0.222 e. The highest BCUT2D eigenvalue weighted by atomic mass is 35.5. The first-order chi connectivity index (χ1) is 6.83. The first-order valence-electron chi connectivity index (χ1n) is 4.60. The number of anilines is 1. The Hall–Kier alpha value is -0.900. The monoisotopic (exact) mass is 217 g/mol. The van der Waals surface area contributed by atoms with Crippen LogP contribution in [0, 0.1) is 5.82 Å². The van der Waals surface area contributed by atoms with Gasteiger partial charge >= 0.3 is 0 Å². The largest absolute Gasteiger partial charge is 0.354 e. The number of unbranched alkanes of at least 4 members (excludes halogenated alkanes) is 2. The van der Waals surface area contributed by atoms with Gasteiger partial charge in [-0.25, -0.2) is 14.4 Å². The van der Waals surface area contributed by atoms with Gasteiger partial charge in [-0.2, -0.15) is 0 Å². The third-order valence-corrected chi connectivity index (χ3v) is 1.98. The minimum Gasteiger partial charge on any atom is -0.354 e. The molecule has 1 N–H and O–H groups in total. The fourth-order valence-electron chi connectivity index (χ4n) is 1.00. The van der Waals surface area contributed by atoms with Crippen LogP contribution in [0.1, 0.15) is 19.3 Å². The highest BCUT2D eigenvalue weighted by molar-refractivity contribution is 6.17. The molecule has 14 heavy (non-hydrogen) atoms. The van der Waals surface area contributed by atoms with E-state index in [0.29, 0.717) is 11.8 Å². The lowest BCUT2D eigenvalue weighted by atomic mass is 10.2. The van der Waals surface area contributed by atoms with Gasteiger partial charge in [-0.1, -0.05) is 6.42 Å². The van der Waals surface area contributed by atoms with Crippen molar-refractivity contribution in [3.63, 3.8) is 0 Å². The summed E-state index contributed by atoms with van der Waals surface area (Å²) in [5.74, 6) is 0.752. The lowest BCUT2D eigenvalue weighted by Gasteiger charge is -2.02. The Labute approximate surface area is 87.7 Å². The Balaban J connectivity index is 2.15. The van der Waals surface area contributed by atoms with Crippen molar-refractivity contribution in [2.24, 2.45) is 0 Å².